The average Bonchev–Trinajstić information content (AvgIpc) is 2.67. The molecular weight excluding hydrogens is 346 g/mol. The largest absolute Gasteiger partial charge is 0.457 e. The molecule has 27 heavy (non-hydrogen) atoms. The maximum absolute atomic E-state index is 12.1. The van der Waals surface area contributed by atoms with Crippen LogP contribution in [-0.2, 0) is 9.59 Å². The molecular formula is C20H23N3O4. The summed E-state index contributed by atoms with van der Waals surface area (Å²) in [5.41, 5.74) is 0.403. The van der Waals surface area contributed by atoms with Crippen molar-refractivity contribution in [1.29, 1.82) is 0 Å². The summed E-state index contributed by atoms with van der Waals surface area (Å²) >= 11 is 0. The van der Waals surface area contributed by atoms with Crippen molar-refractivity contribution in [2.24, 2.45) is 0 Å². The number of hydrogen-bond acceptors (Lipinski definition) is 4. The molecule has 2 rings (SSSR count). The van der Waals surface area contributed by atoms with Crippen LogP contribution >= 0.6 is 0 Å². The number of carbonyl (C=O) groups is 3. The normalized spacial score (nSPS) is 11.2. The van der Waals surface area contributed by atoms with Gasteiger partial charge in [-0.15, -0.1) is 0 Å². The summed E-state index contributed by atoms with van der Waals surface area (Å²) in [6.45, 7) is 3.64. The lowest BCUT2D eigenvalue weighted by Gasteiger charge is -2.13. The SMILES string of the molecule is CCNC(=O)C(C)NC(=O)CNC(=O)c1ccc(Oc2ccccc2)cc1. The number of hydrogen-bond donors (Lipinski definition) is 3. The fourth-order valence-electron chi connectivity index (χ4n) is 2.25. The predicted molar refractivity (Wildman–Crippen MR) is 102 cm³/mol. The van der Waals surface area contributed by atoms with E-state index in [-0.39, 0.29) is 18.4 Å². The van der Waals surface area contributed by atoms with Gasteiger partial charge in [0, 0.05) is 12.1 Å². The summed E-state index contributed by atoms with van der Waals surface area (Å²) in [6, 6.07) is 15.2. The van der Waals surface area contributed by atoms with Crippen molar-refractivity contribution in [2.45, 2.75) is 19.9 Å². The summed E-state index contributed by atoms with van der Waals surface area (Å²) in [7, 11) is 0. The third-order valence-corrected chi connectivity index (χ3v) is 3.63. The molecule has 7 heteroatoms. The lowest BCUT2D eigenvalue weighted by molar-refractivity contribution is -0.128. The quantitative estimate of drug-likeness (QED) is 0.662. The minimum atomic E-state index is -0.663. The molecule has 0 aliphatic carbocycles. The van der Waals surface area contributed by atoms with Gasteiger partial charge in [0.25, 0.3) is 5.91 Å². The highest BCUT2D eigenvalue weighted by Gasteiger charge is 2.15. The van der Waals surface area contributed by atoms with Crippen molar-refractivity contribution >= 4 is 17.7 Å². The van der Waals surface area contributed by atoms with Gasteiger partial charge in [-0.25, -0.2) is 0 Å². The van der Waals surface area contributed by atoms with Crippen LogP contribution in [0.5, 0.6) is 11.5 Å². The molecule has 0 aliphatic rings. The van der Waals surface area contributed by atoms with E-state index < -0.39 is 11.9 Å². The van der Waals surface area contributed by atoms with E-state index in [0.717, 1.165) is 0 Å². The van der Waals surface area contributed by atoms with Crippen LogP contribution in [0.15, 0.2) is 54.6 Å². The number of benzene rings is 2. The molecule has 3 amide bonds. The van der Waals surface area contributed by atoms with Gasteiger partial charge in [0.1, 0.15) is 17.5 Å². The molecule has 0 saturated carbocycles. The lowest BCUT2D eigenvalue weighted by atomic mass is 10.2. The highest BCUT2D eigenvalue weighted by atomic mass is 16.5. The first-order valence-electron chi connectivity index (χ1n) is 8.68. The Morgan fingerprint density at radius 1 is 0.926 bits per heavy atom. The molecule has 2 aromatic carbocycles. The Bertz CT molecular complexity index is 776. The first-order chi connectivity index (χ1) is 13.0. The van der Waals surface area contributed by atoms with E-state index in [0.29, 0.717) is 23.6 Å². The molecule has 0 spiro atoms. The van der Waals surface area contributed by atoms with Crippen molar-refractivity contribution in [3.63, 3.8) is 0 Å². The van der Waals surface area contributed by atoms with E-state index >= 15 is 0 Å². The van der Waals surface area contributed by atoms with E-state index in [1.165, 1.54) is 0 Å². The van der Waals surface area contributed by atoms with Crippen LogP contribution in [0.2, 0.25) is 0 Å². The van der Waals surface area contributed by atoms with Crippen molar-refractivity contribution in [2.75, 3.05) is 13.1 Å². The number of nitrogens with one attached hydrogen (secondary N) is 3. The van der Waals surface area contributed by atoms with Crippen LogP contribution in [0.3, 0.4) is 0 Å². The van der Waals surface area contributed by atoms with E-state index in [4.69, 9.17) is 4.74 Å². The maximum Gasteiger partial charge on any atom is 0.251 e. The van der Waals surface area contributed by atoms with E-state index in [9.17, 15) is 14.4 Å². The molecule has 2 aromatic rings. The fourth-order valence-corrected chi connectivity index (χ4v) is 2.25. The Morgan fingerprint density at radius 2 is 1.56 bits per heavy atom. The fraction of sp³-hybridized carbons (Fsp3) is 0.250. The van der Waals surface area contributed by atoms with E-state index in [1.54, 1.807) is 38.1 Å². The van der Waals surface area contributed by atoms with E-state index in [1.807, 2.05) is 30.3 Å². The van der Waals surface area contributed by atoms with Crippen LogP contribution in [0, 0.1) is 0 Å². The minimum absolute atomic E-state index is 0.217. The maximum atomic E-state index is 12.1. The lowest BCUT2D eigenvalue weighted by Crippen LogP contribution is -2.47. The van der Waals surface area contributed by atoms with Gasteiger partial charge in [-0.1, -0.05) is 18.2 Å². The smallest absolute Gasteiger partial charge is 0.251 e. The third kappa shape index (κ3) is 6.47. The molecule has 1 unspecified atom stereocenters. The molecule has 0 saturated heterocycles. The molecule has 0 heterocycles. The van der Waals surface area contributed by atoms with Crippen LogP contribution in [0.1, 0.15) is 24.2 Å². The van der Waals surface area contributed by atoms with Gasteiger partial charge in [0.05, 0.1) is 6.54 Å². The second-order valence-electron chi connectivity index (χ2n) is 5.81. The topological polar surface area (TPSA) is 96.5 Å². The predicted octanol–water partition coefficient (Wildman–Crippen LogP) is 1.85. The molecule has 1 atom stereocenters. The molecule has 3 N–H and O–H groups in total. The molecule has 0 radical (unpaired) electrons. The van der Waals surface area contributed by atoms with Gasteiger partial charge in [-0.2, -0.15) is 0 Å². The second kappa shape index (κ2) is 9.96. The summed E-state index contributed by atoms with van der Waals surface area (Å²) in [4.78, 5) is 35.5. The van der Waals surface area contributed by atoms with Gasteiger partial charge in [-0.3, -0.25) is 14.4 Å². The standard InChI is InChI=1S/C20H23N3O4/c1-3-21-19(25)14(2)23-18(24)13-22-20(26)15-9-11-17(12-10-15)27-16-7-5-4-6-8-16/h4-12,14H,3,13H2,1-2H3,(H,21,25)(H,22,26)(H,23,24). The van der Waals surface area contributed by atoms with Crippen LogP contribution in [-0.4, -0.2) is 36.9 Å². The number of rotatable bonds is 8. The summed E-state index contributed by atoms with van der Waals surface area (Å²) in [5.74, 6) is 0.207. The van der Waals surface area contributed by atoms with E-state index in [2.05, 4.69) is 16.0 Å². The van der Waals surface area contributed by atoms with Gasteiger partial charge >= 0.3 is 0 Å². The first-order valence-corrected chi connectivity index (χ1v) is 8.68. The number of para-hydroxylation sites is 1. The van der Waals surface area contributed by atoms with Crippen molar-refractivity contribution < 1.29 is 19.1 Å². The highest BCUT2D eigenvalue weighted by molar-refractivity contribution is 5.97. The third-order valence-electron chi connectivity index (χ3n) is 3.63. The zero-order valence-corrected chi connectivity index (χ0v) is 15.3. The molecule has 0 aromatic heterocycles. The zero-order valence-electron chi connectivity index (χ0n) is 15.3. The molecule has 142 valence electrons. The molecule has 7 nitrogen and oxygen atoms in total. The van der Waals surface area contributed by atoms with Crippen molar-refractivity contribution in [3.8, 4) is 11.5 Å². The van der Waals surface area contributed by atoms with Crippen LogP contribution in [0.4, 0.5) is 0 Å². The van der Waals surface area contributed by atoms with Crippen LogP contribution in [0.25, 0.3) is 0 Å². The second-order valence-corrected chi connectivity index (χ2v) is 5.81. The summed E-state index contributed by atoms with van der Waals surface area (Å²) < 4.78 is 5.66. The zero-order chi connectivity index (χ0) is 19.6. The van der Waals surface area contributed by atoms with Gasteiger partial charge in [-0.05, 0) is 50.2 Å². The highest BCUT2D eigenvalue weighted by Crippen LogP contribution is 2.21. The number of likely N-dealkylation sites (N-methyl/N-ethyl adjacent to an activating group) is 1. The number of ether oxygens (including phenoxy) is 1. The van der Waals surface area contributed by atoms with Gasteiger partial charge < -0.3 is 20.7 Å². The Kier molecular flexibility index (Phi) is 7.37. The summed E-state index contributed by atoms with van der Waals surface area (Å²) in [6.07, 6.45) is 0. The Hall–Kier alpha value is -3.35. The number of carbonyl (C=O) groups excluding carboxylic acids is 3. The summed E-state index contributed by atoms with van der Waals surface area (Å²) in [5, 5.41) is 7.65. The van der Waals surface area contributed by atoms with Gasteiger partial charge in [0.15, 0.2) is 0 Å². The van der Waals surface area contributed by atoms with Gasteiger partial charge in [0.2, 0.25) is 11.8 Å². The minimum Gasteiger partial charge on any atom is -0.457 e. The Balaban J connectivity index is 1.82. The van der Waals surface area contributed by atoms with Crippen molar-refractivity contribution in [1.82, 2.24) is 16.0 Å². The molecule has 0 aliphatic heterocycles. The Labute approximate surface area is 158 Å². The molecule has 0 fully saturated rings. The van der Waals surface area contributed by atoms with Crippen molar-refractivity contribution in [3.05, 3.63) is 60.2 Å². The average molecular weight is 369 g/mol. The van der Waals surface area contributed by atoms with Crippen LogP contribution < -0.4 is 20.7 Å². The first kappa shape index (κ1) is 20.0. The Morgan fingerprint density at radius 3 is 2.19 bits per heavy atom. The number of amides is 3. The molecule has 0 bridgehead atoms. The monoisotopic (exact) mass is 369 g/mol.